The summed E-state index contributed by atoms with van der Waals surface area (Å²) >= 11 is 0. The van der Waals surface area contributed by atoms with Gasteiger partial charge in [-0.3, -0.25) is 0 Å². The van der Waals surface area contributed by atoms with E-state index in [0.717, 1.165) is 5.92 Å². The molecule has 1 unspecified atom stereocenters. The van der Waals surface area contributed by atoms with Gasteiger partial charge in [-0.1, -0.05) is 30.2 Å². The maximum absolute atomic E-state index is 2.34. The van der Waals surface area contributed by atoms with Crippen molar-refractivity contribution in [1.29, 1.82) is 0 Å². The van der Waals surface area contributed by atoms with Crippen molar-refractivity contribution in [2.75, 3.05) is 0 Å². The van der Waals surface area contributed by atoms with E-state index in [9.17, 15) is 0 Å². The standard InChI is InChI=1S/C10H16/c1-4-10-6-5-8(2)9(3)7-10/h5-6,10H,4,7H2,1-3H3. The molecule has 0 aromatic heterocycles. The van der Waals surface area contributed by atoms with Gasteiger partial charge in [-0.15, -0.1) is 0 Å². The molecule has 0 amide bonds. The molecule has 0 bridgehead atoms. The summed E-state index contributed by atoms with van der Waals surface area (Å²) in [6.07, 6.45) is 7.15. The first-order valence-electron chi connectivity index (χ1n) is 4.08. The Hall–Kier alpha value is -0.520. The third-order valence-corrected chi connectivity index (χ3v) is 2.38. The average molecular weight is 136 g/mol. The van der Waals surface area contributed by atoms with Crippen molar-refractivity contribution >= 4 is 0 Å². The zero-order chi connectivity index (χ0) is 7.56. The maximum Gasteiger partial charge on any atom is -0.0196 e. The van der Waals surface area contributed by atoms with E-state index in [4.69, 9.17) is 0 Å². The molecule has 0 heteroatoms. The molecule has 1 aliphatic carbocycles. The van der Waals surface area contributed by atoms with Crippen LogP contribution in [0.2, 0.25) is 0 Å². The highest BCUT2D eigenvalue weighted by Crippen LogP contribution is 2.24. The van der Waals surface area contributed by atoms with Gasteiger partial charge in [0.25, 0.3) is 0 Å². The van der Waals surface area contributed by atoms with E-state index in [-0.39, 0.29) is 0 Å². The molecule has 10 heavy (non-hydrogen) atoms. The van der Waals surface area contributed by atoms with Crippen LogP contribution < -0.4 is 0 Å². The van der Waals surface area contributed by atoms with Crippen LogP contribution in [0.4, 0.5) is 0 Å². The molecule has 1 rings (SSSR count). The van der Waals surface area contributed by atoms with Crippen LogP contribution in [0.15, 0.2) is 23.3 Å². The van der Waals surface area contributed by atoms with E-state index in [1.165, 1.54) is 18.4 Å². The van der Waals surface area contributed by atoms with Gasteiger partial charge in [0.05, 0.1) is 0 Å². The molecule has 0 radical (unpaired) electrons. The van der Waals surface area contributed by atoms with Crippen LogP contribution >= 0.6 is 0 Å². The zero-order valence-electron chi connectivity index (χ0n) is 7.15. The predicted octanol–water partition coefficient (Wildman–Crippen LogP) is 3.31. The molecule has 1 aliphatic rings. The number of allylic oxidation sites excluding steroid dienone is 4. The minimum Gasteiger partial charge on any atom is -0.0808 e. The summed E-state index contributed by atoms with van der Waals surface area (Å²) in [7, 11) is 0. The predicted molar refractivity (Wildman–Crippen MR) is 45.9 cm³/mol. The highest BCUT2D eigenvalue weighted by Gasteiger charge is 2.08. The lowest BCUT2D eigenvalue weighted by Gasteiger charge is -2.16. The Morgan fingerprint density at radius 1 is 1.50 bits per heavy atom. The largest absolute Gasteiger partial charge is 0.0808 e. The summed E-state index contributed by atoms with van der Waals surface area (Å²) in [5, 5.41) is 0. The fourth-order valence-corrected chi connectivity index (χ4v) is 1.33. The van der Waals surface area contributed by atoms with Crippen molar-refractivity contribution in [3.8, 4) is 0 Å². The third kappa shape index (κ3) is 1.50. The van der Waals surface area contributed by atoms with E-state index < -0.39 is 0 Å². The van der Waals surface area contributed by atoms with Crippen LogP contribution in [-0.2, 0) is 0 Å². The zero-order valence-corrected chi connectivity index (χ0v) is 7.15. The molecule has 0 N–H and O–H groups in total. The van der Waals surface area contributed by atoms with Crippen molar-refractivity contribution < 1.29 is 0 Å². The van der Waals surface area contributed by atoms with Crippen molar-refractivity contribution in [3.05, 3.63) is 23.3 Å². The van der Waals surface area contributed by atoms with Gasteiger partial charge < -0.3 is 0 Å². The lowest BCUT2D eigenvalue weighted by Crippen LogP contribution is -2.00. The molecular weight excluding hydrogens is 120 g/mol. The molecule has 0 saturated carbocycles. The Kier molecular flexibility index (Phi) is 2.31. The first-order valence-corrected chi connectivity index (χ1v) is 4.08. The van der Waals surface area contributed by atoms with Crippen LogP contribution in [0.3, 0.4) is 0 Å². The van der Waals surface area contributed by atoms with Gasteiger partial charge in [-0.05, 0) is 32.6 Å². The second kappa shape index (κ2) is 3.05. The van der Waals surface area contributed by atoms with Crippen LogP contribution in [0.25, 0.3) is 0 Å². The minimum atomic E-state index is 0.809. The molecule has 0 saturated heterocycles. The Morgan fingerprint density at radius 3 is 2.70 bits per heavy atom. The van der Waals surface area contributed by atoms with Crippen molar-refractivity contribution in [2.24, 2.45) is 5.92 Å². The van der Waals surface area contributed by atoms with E-state index in [1.807, 2.05) is 0 Å². The Balaban J connectivity index is 2.65. The SMILES string of the molecule is CCC1C=CC(C)=C(C)C1. The van der Waals surface area contributed by atoms with Crippen LogP contribution in [0.1, 0.15) is 33.6 Å². The Bertz CT molecular complexity index is 172. The molecule has 0 nitrogen and oxygen atoms in total. The third-order valence-electron chi connectivity index (χ3n) is 2.38. The molecule has 0 aliphatic heterocycles. The highest BCUT2D eigenvalue weighted by atomic mass is 14.1. The van der Waals surface area contributed by atoms with Crippen molar-refractivity contribution in [2.45, 2.75) is 33.6 Å². The van der Waals surface area contributed by atoms with Gasteiger partial charge in [0.15, 0.2) is 0 Å². The fraction of sp³-hybridized carbons (Fsp3) is 0.600. The quantitative estimate of drug-likeness (QED) is 0.518. The average Bonchev–Trinajstić information content (AvgIpc) is 1.95. The molecular formula is C10H16. The number of hydrogen-bond acceptors (Lipinski definition) is 0. The van der Waals surface area contributed by atoms with Gasteiger partial charge in [-0.25, -0.2) is 0 Å². The smallest absolute Gasteiger partial charge is 0.0196 e. The van der Waals surface area contributed by atoms with E-state index in [2.05, 4.69) is 32.9 Å². The second-order valence-corrected chi connectivity index (χ2v) is 3.19. The molecule has 0 aromatic rings. The summed E-state index contributed by atoms with van der Waals surface area (Å²) in [6.45, 7) is 6.68. The minimum absolute atomic E-state index is 0.809. The summed E-state index contributed by atoms with van der Waals surface area (Å²) in [4.78, 5) is 0. The summed E-state index contributed by atoms with van der Waals surface area (Å²) in [5.41, 5.74) is 3.03. The number of hydrogen-bond donors (Lipinski definition) is 0. The second-order valence-electron chi connectivity index (χ2n) is 3.19. The van der Waals surface area contributed by atoms with Crippen LogP contribution in [-0.4, -0.2) is 0 Å². The lowest BCUT2D eigenvalue weighted by atomic mass is 9.90. The molecule has 0 heterocycles. The van der Waals surface area contributed by atoms with E-state index >= 15 is 0 Å². The maximum atomic E-state index is 2.34. The monoisotopic (exact) mass is 136 g/mol. The summed E-state index contributed by atoms with van der Waals surface area (Å²) < 4.78 is 0. The van der Waals surface area contributed by atoms with Gasteiger partial charge in [0.1, 0.15) is 0 Å². The first kappa shape index (κ1) is 7.59. The van der Waals surface area contributed by atoms with Gasteiger partial charge in [0, 0.05) is 0 Å². The first-order chi connectivity index (χ1) is 4.74. The van der Waals surface area contributed by atoms with Crippen molar-refractivity contribution in [1.82, 2.24) is 0 Å². The highest BCUT2D eigenvalue weighted by molar-refractivity contribution is 5.27. The molecule has 0 aromatic carbocycles. The number of rotatable bonds is 1. The van der Waals surface area contributed by atoms with Crippen molar-refractivity contribution in [3.63, 3.8) is 0 Å². The van der Waals surface area contributed by atoms with Gasteiger partial charge in [0.2, 0.25) is 0 Å². The summed E-state index contributed by atoms with van der Waals surface area (Å²) in [5.74, 6) is 0.809. The van der Waals surface area contributed by atoms with Gasteiger partial charge >= 0.3 is 0 Å². The molecule has 0 spiro atoms. The molecule has 56 valence electrons. The Morgan fingerprint density at radius 2 is 2.20 bits per heavy atom. The lowest BCUT2D eigenvalue weighted by molar-refractivity contribution is 0.609. The Labute approximate surface area is 63.6 Å². The van der Waals surface area contributed by atoms with Crippen LogP contribution in [0, 0.1) is 5.92 Å². The normalized spacial score (nSPS) is 25.7. The van der Waals surface area contributed by atoms with E-state index in [1.54, 1.807) is 5.57 Å². The van der Waals surface area contributed by atoms with E-state index in [0.29, 0.717) is 0 Å². The fourth-order valence-electron chi connectivity index (χ4n) is 1.33. The topological polar surface area (TPSA) is 0 Å². The molecule has 1 atom stereocenters. The van der Waals surface area contributed by atoms with Gasteiger partial charge in [-0.2, -0.15) is 0 Å². The summed E-state index contributed by atoms with van der Waals surface area (Å²) in [6, 6.07) is 0. The molecule has 0 fully saturated rings. The van der Waals surface area contributed by atoms with Crippen LogP contribution in [0.5, 0.6) is 0 Å².